The first-order chi connectivity index (χ1) is 14.9. The van der Waals surface area contributed by atoms with Gasteiger partial charge in [-0.25, -0.2) is 14.4 Å². The highest BCUT2D eigenvalue weighted by atomic mass is 35.5. The highest BCUT2D eigenvalue weighted by Gasteiger charge is 2.28. The van der Waals surface area contributed by atoms with Gasteiger partial charge in [-0.1, -0.05) is 35.9 Å². The van der Waals surface area contributed by atoms with Gasteiger partial charge in [0, 0.05) is 29.2 Å². The molecule has 2 aromatic carbocycles. The van der Waals surface area contributed by atoms with Crippen LogP contribution in [-0.2, 0) is 30.8 Å². The molecule has 0 unspecified atom stereocenters. The molecule has 0 N–H and O–H groups in total. The van der Waals surface area contributed by atoms with E-state index in [0.29, 0.717) is 49.1 Å². The number of halogens is 2. The monoisotopic (exact) mass is 438 g/mol. The lowest BCUT2D eigenvalue weighted by molar-refractivity contribution is -0.119. The van der Waals surface area contributed by atoms with E-state index in [1.54, 1.807) is 17.0 Å². The third-order valence-corrected chi connectivity index (χ3v) is 5.63. The van der Waals surface area contributed by atoms with E-state index < -0.39 is 0 Å². The summed E-state index contributed by atoms with van der Waals surface area (Å²) in [6.45, 7) is 3.57. The molecule has 2 heterocycles. The Hall–Kier alpha value is -2.83. The van der Waals surface area contributed by atoms with Crippen molar-refractivity contribution >= 4 is 23.3 Å². The molecule has 0 bridgehead atoms. The van der Waals surface area contributed by atoms with Gasteiger partial charge in [0.1, 0.15) is 17.5 Å². The number of rotatable bonds is 6. The van der Waals surface area contributed by atoms with E-state index in [0.717, 1.165) is 22.4 Å². The van der Waals surface area contributed by atoms with Crippen molar-refractivity contribution in [3.05, 3.63) is 87.6 Å². The van der Waals surface area contributed by atoms with Crippen LogP contribution in [0.4, 0.5) is 10.2 Å². The third-order valence-electron chi connectivity index (χ3n) is 5.39. The zero-order chi connectivity index (χ0) is 22.0. The molecule has 0 saturated heterocycles. The molecule has 0 radical (unpaired) electrons. The fraction of sp³-hybridized carbons (Fsp3) is 0.292. The fourth-order valence-corrected chi connectivity index (χ4v) is 4.10. The Labute approximate surface area is 186 Å². The van der Waals surface area contributed by atoms with Crippen LogP contribution in [0.3, 0.4) is 0 Å². The molecule has 160 valence electrons. The third kappa shape index (κ3) is 5.09. The van der Waals surface area contributed by atoms with Gasteiger partial charge in [-0.3, -0.25) is 14.6 Å². The number of aryl methyl sites for hydroxylation is 1. The van der Waals surface area contributed by atoms with E-state index in [2.05, 4.69) is 4.90 Å². The van der Waals surface area contributed by atoms with E-state index in [1.807, 2.05) is 38.2 Å². The first kappa shape index (κ1) is 21.4. The molecule has 1 aliphatic rings. The van der Waals surface area contributed by atoms with Gasteiger partial charge in [0.15, 0.2) is 0 Å². The Kier molecular flexibility index (Phi) is 6.30. The Morgan fingerprint density at radius 2 is 1.84 bits per heavy atom. The van der Waals surface area contributed by atoms with Crippen LogP contribution in [0, 0.1) is 12.7 Å². The molecule has 3 aromatic rings. The molecule has 0 saturated carbocycles. The van der Waals surface area contributed by atoms with Crippen molar-refractivity contribution in [3.8, 4) is 0 Å². The summed E-state index contributed by atoms with van der Waals surface area (Å²) in [6, 6.07) is 14.0. The van der Waals surface area contributed by atoms with Crippen LogP contribution in [0.1, 0.15) is 34.6 Å². The highest BCUT2D eigenvalue weighted by Crippen LogP contribution is 2.29. The average molecular weight is 439 g/mol. The van der Waals surface area contributed by atoms with Crippen molar-refractivity contribution in [2.45, 2.75) is 39.4 Å². The largest absolute Gasteiger partial charge is 0.295 e. The van der Waals surface area contributed by atoms with Crippen LogP contribution in [-0.4, -0.2) is 27.8 Å². The summed E-state index contributed by atoms with van der Waals surface area (Å²) in [4.78, 5) is 26.0. The van der Waals surface area contributed by atoms with Crippen LogP contribution in [0.2, 0.25) is 5.02 Å². The van der Waals surface area contributed by atoms with Gasteiger partial charge < -0.3 is 0 Å². The first-order valence-electron chi connectivity index (χ1n) is 10.2. The molecule has 31 heavy (non-hydrogen) atoms. The molecule has 1 aromatic heterocycles. The van der Waals surface area contributed by atoms with Crippen LogP contribution in [0.25, 0.3) is 0 Å². The molecule has 0 aliphatic carbocycles. The minimum atomic E-state index is -0.294. The molecule has 5 nitrogen and oxygen atoms in total. The Morgan fingerprint density at radius 1 is 1.06 bits per heavy atom. The highest BCUT2D eigenvalue weighted by molar-refractivity contribution is 6.30. The number of amides is 1. The van der Waals surface area contributed by atoms with Gasteiger partial charge in [0.05, 0.1) is 13.1 Å². The number of nitrogens with zero attached hydrogens (tertiary/aromatic N) is 4. The van der Waals surface area contributed by atoms with Crippen molar-refractivity contribution in [1.82, 2.24) is 14.9 Å². The van der Waals surface area contributed by atoms with Gasteiger partial charge >= 0.3 is 0 Å². The van der Waals surface area contributed by atoms with Crippen molar-refractivity contribution in [2.24, 2.45) is 0 Å². The van der Waals surface area contributed by atoms with E-state index in [-0.39, 0.29) is 11.7 Å². The van der Waals surface area contributed by atoms with Crippen molar-refractivity contribution in [1.29, 1.82) is 0 Å². The zero-order valence-electron chi connectivity index (χ0n) is 17.6. The van der Waals surface area contributed by atoms with Crippen molar-refractivity contribution in [3.63, 3.8) is 0 Å². The van der Waals surface area contributed by atoms with Crippen LogP contribution in [0.15, 0.2) is 48.5 Å². The second-order valence-electron chi connectivity index (χ2n) is 7.94. The van der Waals surface area contributed by atoms with E-state index in [4.69, 9.17) is 21.6 Å². The van der Waals surface area contributed by atoms with Crippen LogP contribution < -0.4 is 4.90 Å². The SMILES string of the molecule is Cc1nc(CN(C)Cc2cccc(Cl)c2)nc2c1CCC(=O)N2Cc1ccc(F)cc1. The summed E-state index contributed by atoms with van der Waals surface area (Å²) >= 11 is 6.09. The zero-order valence-corrected chi connectivity index (χ0v) is 18.4. The van der Waals surface area contributed by atoms with Gasteiger partial charge in [0.2, 0.25) is 5.91 Å². The Bertz CT molecular complexity index is 1100. The topological polar surface area (TPSA) is 49.3 Å². The number of hydrogen-bond donors (Lipinski definition) is 0. The van der Waals surface area contributed by atoms with E-state index in [1.165, 1.54) is 12.1 Å². The maximum atomic E-state index is 13.3. The normalized spacial score (nSPS) is 13.6. The summed E-state index contributed by atoms with van der Waals surface area (Å²) in [7, 11) is 2.00. The molecule has 0 atom stereocenters. The molecule has 4 rings (SSSR count). The summed E-state index contributed by atoms with van der Waals surface area (Å²) in [5.74, 6) is 1.06. The number of carbonyl (C=O) groups excluding carboxylic acids is 1. The predicted octanol–water partition coefficient (Wildman–Crippen LogP) is 4.69. The van der Waals surface area contributed by atoms with Gasteiger partial charge in [-0.05, 0) is 55.8 Å². The molecule has 0 fully saturated rings. The minimum absolute atomic E-state index is 0.0214. The summed E-state index contributed by atoms with van der Waals surface area (Å²) in [6.07, 6.45) is 1.06. The minimum Gasteiger partial charge on any atom is -0.295 e. The molecular formula is C24H24ClFN4O. The van der Waals surface area contributed by atoms with E-state index in [9.17, 15) is 9.18 Å². The number of carbonyl (C=O) groups is 1. The van der Waals surface area contributed by atoms with Crippen molar-refractivity contribution < 1.29 is 9.18 Å². The molecule has 7 heteroatoms. The van der Waals surface area contributed by atoms with Crippen molar-refractivity contribution in [2.75, 3.05) is 11.9 Å². The second-order valence-corrected chi connectivity index (χ2v) is 8.37. The summed E-state index contributed by atoms with van der Waals surface area (Å²) in [5, 5.41) is 0.710. The standard InChI is InChI=1S/C24H24ClFN4O/c1-16-21-10-11-23(31)30(14-17-6-8-20(26)9-7-17)24(21)28-22(27-16)15-29(2)13-18-4-3-5-19(25)12-18/h3-9,12H,10-11,13-15H2,1-2H3. The number of hydrogen-bond acceptors (Lipinski definition) is 4. The summed E-state index contributed by atoms with van der Waals surface area (Å²) < 4.78 is 13.3. The van der Waals surface area contributed by atoms with Gasteiger partial charge in [-0.2, -0.15) is 0 Å². The smallest absolute Gasteiger partial charge is 0.228 e. The molecular weight excluding hydrogens is 415 g/mol. The second kappa shape index (κ2) is 9.12. The fourth-order valence-electron chi connectivity index (χ4n) is 3.89. The first-order valence-corrected chi connectivity index (χ1v) is 10.6. The van der Waals surface area contributed by atoms with Crippen LogP contribution >= 0.6 is 11.6 Å². The quantitative estimate of drug-likeness (QED) is 0.560. The van der Waals surface area contributed by atoms with Gasteiger partial charge in [0.25, 0.3) is 0 Å². The molecule has 1 amide bonds. The number of fused-ring (bicyclic) bond motifs is 1. The lowest BCUT2D eigenvalue weighted by atomic mass is 10.0. The Balaban J connectivity index is 1.57. The number of anilines is 1. The lowest BCUT2D eigenvalue weighted by Crippen LogP contribution is -2.36. The van der Waals surface area contributed by atoms with E-state index >= 15 is 0 Å². The lowest BCUT2D eigenvalue weighted by Gasteiger charge is -2.30. The maximum Gasteiger partial charge on any atom is 0.228 e. The van der Waals surface area contributed by atoms with Gasteiger partial charge in [-0.15, -0.1) is 0 Å². The summed E-state index contributed by atoms with van der Waals surface area (Å²) in [5.41, 5.74) is 3.87. The van der Waals surface area contributed by atoms with Crippen LogP contribution in [0.5, 0.6) is 0 Å². The predicted molar refractivity (Wildman–Crippen MR) is 119 cm³/mol. The maximum absolute atomic E-state index is 13.3. The number of benzene rings is 2. The number of aromatic nitrogens is 2. The average Bonchev–Trinajstić information content (AvgIpc) is 2.71. The molecule has 1 aliphatic heterocycles. The molecule has 0 spiro atoms. The Morgan fingerprint density at radius 3 is 2.58 bits per heavy atom.